The number of rotatable bonds is 6. The summed E-state index contributed by atoms with van der Waals surface area (Å²) in [4.78, 5) is 9.65. The van der Waals surface area contributed by atoms with Gasteiger partial charge in [0.25, 0.3) is 5.69 Å². The monoisotopic (exact) mass is 312 g/mol. The fourth-order valence-electron chi connectivity index (χ4n) is 1.62. The molecule has 0 atom stereocenters. The van der Waals surface area contributed by atoms with Gasteiger partial charge < -0.3 is 5.73 Å². The summed E-state index contributed by atoms with van der Waals surface area (Å²) in [5, 5.41) is 18.1. The van der Waals surface area contributed by atoms with Crippen LogP contribution in [0.3, 0.4) is 0 Å². The van der Waals surface area contributed by atoms with Gasteiger partial charge in [-0.25, -0.2) is 13.1 Å². The topological polar surface area (TPSA) is 146 Å². The van der Waals surface area contributed by atoms with Crippen molar-refractivity contribution in [3.05, 3.63) is 40.7 Å². The Balaban J connectivity index is 2.19. The molecule has 0 aliphatic rings. The van der Waals surface area contributed by atoms with Crippen molar-refractivity contribution in [2.75, 3.05) is 12.3 Å². The third-order valence-corrected chi connectivity index (χ3v) is 4.07. The first-order valence-corrected chi connectivity index (χ1v) is 7.26. The van der Waals surface area contributed by atoms with Crippen LogP contribution >= 0.6 is 0 Å². The van der Waals surface area contributed by atoms with Gasteiger partial charge in [0.1, 0.15) is 0 Å². The zero-order valence-electron chi connectivity index (χ0n) is 10.7. The van der Waals surface area contributed by atoms with E-state index >= 15 is 0 Å². The predicted octanol–water partition coefficient (Wildman–Crippen LogP) is -0.253. The SMILES string of the molecule is Nc1ccc([N+](=O)[O-])c(S(=O)(=O)NCCn2ccnn2)c1. The molecule has 2 rings (SSSR count). The van der Waals surface area contributed by atoms with Crippen LogP contribution in [-0.4, -0.2) is 34.9 Å². The van der Waals surface area contributed by atoms with Crippen LogP contribution in [0.2, 0.25) is 0 Å². The van der Waals surface area contributed by atoms with E-state index < -0.39 is 25.5 Å². The number of nitro groups is 1. The highest BCUT2D eigenvalue weighted by Gasteiger charge is 2.25. The maximum atomic E-state index is 12.1. The molecule has 10 nitrogen and oxygen atoms in total. The number of nitrogens with one attached hydrogen (secondary N) is 1. The molecule has 1 heterocycles. The Morgan fingerprint density at radius 2 is 2.19 bits per heavy atom. The van der Waals surface area contributed by atoms with E-state index in [4.69, 9.17) is 5.73 Å². The largest absolute Gasteiger partial charge is 0.399 e. The fraction of sp³-hybridized carbons (Fsp3) is 0.200. The molecule has 0 saturated carbocycles. The Kier molecular flexibility index (Phi) is 4.14. The van der Waals surface area contributed by atoms with E-state index in [1.54, 1.807) is 6.20 Å². The van der Waals surface area contributed by atoms with Crippen LogP contribution in [0.15, 0.2) is 35.5 Å². The highest BCUT2D eigenvalue weighted by Crippen LogP contribution is 2.25. The van der Waals surface area contributed by atoms with Crippen LogP contribution < -0.4 is 10.5 Å². The minimum Gasteiger partial charge on any atom is -0.399 e. The van der Waals surface area contributed by atoms with Crippen molar-refractivity contribution in [1.29, 1.82) is 0 Å². The van der Waals surface area contributed by atoms with Crippen LogP contribution in [0.4, 0.5) is 11.4 Å². The van der Waals surface area contributed by atoms with Crippen LogP contribution in [0, 0.1) is 10.1 Å². The Hall–Kier alpha value is -2.53. The van der Waals surface area contributed by atoms with E-state index in [-0.39, 0.29) is 18.8 Å². The van der Waals surface area contributed by atoms with Crippen molar-refractivity contribution in [2.45, 2.75) is 11.4 Å². The third-order valence-electron chi connectivity index (χ3n) is 2.57. The Morgan fingerprint density at radius 1 is 1.43 bits per heavy atom. The lowest BCUT2D eigenvalue weighted by Crippen LogP contribution is -2.28. The van der Waals surface area contributed by atoms with Gasteiger partial charge in [0, 0.05) is 24.5 Å². The Morgan fingerprint density at radius 3 is 2.81 bits per heavy atom. The van der Waals surface area contributed by atoms with Gasteiger partial charge in [0.05, 0.1) is 17.7 Å². The van der Waals surface area contributed by atoms with Crippen molar-refractivity contribution in [2.24, 2.45) is 0 Å². The molecule has 0 amide bonds. The maximum Gasteiger partial charge on any atom is 0.289 e. The molecule has 11 heteroatoms. The number of hydrogen-bond donors (Lipinski definition) is 2. The zero-order valence-corrected chi connectivity index (χ0v) is 11.5. The number of nitro benzene ring substituents is 1. The molecular formula is C10H12N6O4S. The van der Waals surface area contributed by atoms with Gasteiger partial charge in [-0.1, -0.05) is 5.21 Å². The lowest BCUT2D eigenvalue weighted by molar-refractivity contribution is -0.387. The van der Waals surface area contributed by atoms with Crippen molar-refractivity contribution in [1.82, 2.24) is 19.7 Å². The number of nitrogens with two attached hydrogens (primary N) is 1. The molecular weight excluding hydrogens is 300 g/mol. The van der Waals surface area contributed by atoms with Gasteiger partial charge in [-0.05, 0) is 12.1 Å². The van der Waals surface area contributed by atoms with Crippen LogP contribution in [0.1, 0.15) is 0 Å². The van der Waals surface area contributed by atoms with Crippen LogP contribution in [0.25, 0.3) is 0 Å². The van der Waals surface area contributed by atoms with E-state index in [9.17, 15) is 18.5 Å². The maximum absolute atomic E-state index is 12.1. The zero-order chi connectivity index (χ0) is 15.5. The van der Waals surface area contributed by atoms with Gasteiger partial charge in [0.15, 0.2) is 4.90 Å². The molecule has 0 spiro atoms. The second-order valence-electron chi connectivity index (χ2n) is 4.05. The number of hydrogen-bond acceptors (Lipinski definition) is 7. The van der Waals surface area contributed by atoms with Crippen LogP contribution in [0.5, 0.6) is 0 Å². The number of aromatic nitrogens is 3. The quantitative estimate of drug-likeness (QED) is 0.424. The molecule has 0 saturated heterocycles. The number of nitrogens with zero attached hydrogens (tertiary/aromatic N) is 4. The third kappa shape index (κ3) is 3.52. The highest BCUT2D eigenvalue weighted by molar-refractivity contribution is 7.89. The van der Waals surface area contributed by atoms with E-state index in [1.165, 1.54) is 16.9 Å². The second kappa shape index (κ2) is 5.85. The Bertz CT molecular complexity index is 743. The summed E-state index contributed by atoms with van der Waals surface area (Å²) in [6, 6.07) is 3.38. The average molecular weight is 312 g/mol. The summed E-state index contributed by atoms with van der Waals surface area (Å²) in [5.74, 6) is 0. The summed E-state index contributed by atoms with van der Waals surface area (Å²) in [5.41, 5.74) is 5.09. The first-order valence-electron chi connectivity index (χ1n) is 5.78. The number of nitrogen functional groups attached to an aromatic ring is 1. The van der Waals surface area contributed by atoms with E-state index in [0.717, 1.165) is 12.1 Å². The van der Waals surface area contributed by atoms with Gasteiger partial charge >= 0.3 is 0 Å². The molecule has 21 heavy (non-hydrogen) atoms. The molecule has 0 fully saturated rings. The highest BCUT2D eigenvalue weighted by atomic mass is 32.2. The molecule has 112 valence electrons. The summed E-state index contributed by atoms with van der Waals surface area (Å²) < 4.78 is 27.9. The van der Waals surface area contributed by atoms with E-state index in [0.29, 0.717) is 0 Å². The summed E-state index contributed by atoms with van der Waals surface area (Å²) in [7, 11) is -4.04. The first-order chi connectivity index (χ1) is 9.90. The Labute approximate surface area is 119 Å². The van der Waals surface area contributed by atoms with Crippen molar-refractivity contribution in [3.63, 3.8) is 0 Å². The average Bonchev–Trinajstić information content (AvgIpc) is 2.91. The van der Waals surface area contributed by atoms with Gasteiger partial charge in [-0.2, -0.15) is 0 Å². The van der Waals surface area contributed by atoms with E-state index in [1.807, 2.05) is 0 Å². The van der Waals surface area contributed by atoms with Gasteiger partial charge in [-0.15, -0.1) is 5.10 Å². The molecule has 2 aromatic rings. The van der Waals surface area contributed by atoms with Crippen molar-refractivity contribution in [3.8, 4) is 0 Å². The summed E-state index contributed by atoms with van der Waals surface area (Å²) in [6.07, 6.45) is 3.02. The van der Waals surface area contributed by atoms with Crippen molar-refractivity contribution < 1.29 is 13.3 Å². The summed E-state index contributed by atoms with van der Waals surface area (Å²) in [6.45, 7) is 0.257. The molecule has 1 aromatic carbocycles. The first kappa shape index (κ1) is 14.9. The molecule has 0 aliphatic heterocycles. The fourth-order valence-corrected chi connectivity index (χ4v) is 2.85. The second-order valence-corrected chi connectivity index (χ2v) is 5.78. The molecule has 3 N–H and O–H groups in total. The minimum atomic E-state index is -4.04. The van der Waals surface area contributed by atoms with E-state index in [2.05, 4.69) is 15.0 Å². The summed E-state index contributed by atoms with van der Waals surface area (Å²) >= 11 is 0. The van der Waals surface area contributed by atoms with Gasteiger partial charge in [0.2, 0.25) is 10.0 Å². The minimum absolute atomic E-state index is 0.0116. The molecule has 1 aromatic heterocycles. The lowest BCUT2D eigenvalue weighted by Gasteiger charge is -2.08. The lowest BCUT2D eigenvalue weighted by atomic mass is 10.3. The number of benzene rings is 1. The molecule has 0 unspecified atom stereocenters. The van der Waals surface area contributed by atoms with Crippen molar-refractivity contribution >= 4 is 21.4 Å². The number of anilines is 1. The predicted molar refractivity (Wildman–Crippen MR) is 72.7 cm³/mol. The smallest absolute Gasteiger partial charge is 0.289 e. The molecule has 0 aliphatic carbocycles. The van der Waals surface area contributed by atoms with Crippen LogP contribution in [-0.2, 0) is 16.6 Å². The number of sulfonamides is 1. The molecule has 0 bridgehead atoms. The normalized spacial score (nSPS) is 11.4. The van der Waals surface area contributed by atoms with Gasteiger partial charge in [-0.3, -0.25) is 14.8 Å². The molecule has 0 radical (unpaired) electrons. The standard InChI is InChI=1S/C10H12N6O4S/c11-8-1-2-9(16(17)18)10(7-8)21(19,20)13-4-6-15-5-3-12-14-15/h1-3,5,7,13H,4,6,11H2.